The summed E-state index contributed by atoms with van der Waals surface area (Å²) >= 11 is 8.63. The summed E-state index contributed by atoms with van der Waals surface area (Å²) in [6.07, 6.45) is 0.683. The Balaban J connectivity index is 2.32. The summed E-state index contributed by atoms with van der Waals surface area (Å²) in [6.45, 7) is 0.922. The highest BCUT2D eigenvalue weighted by Crippen LogP contribution is 2.27. The first kappa shape index (κ1) is 11.9. The van der Waals surface area contributed by atoms with Crippen LogP contribution < -0.4 is 0 Å². The standard InChI is InChI=1S/C11H10BrClFNO/c12-9-2-1-7-3-4-15(10(16)5-13)6-8(7)11(9)14/h1-2H,3-6H2. The number of alkyl halides is 1. The van der Waals surface area contributed by atoms with Crippen molar-refractivity contribution in [2.45, 2.75) is 13.0 Å². The second-order valence-electron chi connectivity index (χ2n) is 3.70. The van der Waals surface area contributed by atoms with Crippen LogP contribution in [0.15, 0.2) is 16.6 Å². The summed E-state index contributed by atoms with van der Waals surface area (Å²) in [5.74, 6) is -0.471. The van der Waals surface area contributed by atoms with E-state index in [0.29, 0.717) is 29.5 Å². The van der Waals surface area contributed by atoms with Gasteiger partial charge in [0, 0.05) is 18.7 Å². The van der Waals surface area contributed by atoms with Gasteiger partial charge in [-0.2, -0.15) is 0 Å². The number of halogens is 3. The Morgan fingerprint density at radius 2 is 2.31 bits per heavy atom. The zero-order chi connectivity index (χ0) is 11.7. The molecule has 1 aliphatic rings. The first-order valence-electron chi connectivity index (χ1n) is 4.93. The zero-order valence-corrected chi connectivity index (χ0v) is 10.8. The van der Waals surface area contributed by atoms with Gasteiger partial charge in [0.05, 0.1) is 4.47 Å². The van der Waals surface area contributed by atoms with Gasteiger partial charge in [-0.3, -0.25) is 4.79 Å². The van der Waals surface area contributed by atoms with Crippen LogP contribution >= 0.6 is 27.5 Å². The van der Waals surface area contributed by atoms with E-state index in [1.807, 2.05) is 6.07 Å². The van der Waals surface area contributed by atoms with Gasteiger partial charge in [-0.25, -0.2) is 4.39 Å². The Bertz CT molecular complexity index is 438. The Hall–Kier alpha value is -0.610. The minimum absolute atomic E-state index is 0.0506. The molecule has 0 aromatic heterocycles. The number of hydrogen-bond acceptors (Lipinski definition) is 1. The van der Waals surface area contributed by atoms with E-state index >= 15 is 0 Å². The molecular weight excluding hydrogens is 296 g/mol. The molecule has 0 atom stereocenters. The molecule has 1 heterocycles. The predicted molar refractivity (Wildman–Crippen MR) is 63.9 cm³/mol. The Morgan fingerprint density at radius 3 is 3.00 bits per heavy atom. The zero-order valence-electron chi connectivity index (χ0n) is 8.47. The van der Waals surface area contributed by atoms with Crippen molar-refractivity contribution < 1.29 is 9.18 Å². The molecule has 2 rings (SSSR count). The number of rotatable bonds is 1. The van der Waals surface area contributed by atoms with Gasteiger partial charge in [0.1, 0.15) is 11.7 Å². The monoisotopic (exact) mass is 305 g/mol. The topological polar surface area (TPSA) is 20.3 Å². The van der Waals surface area contributed by atoms with Gasteiger partial charge in [-0.1, -0.05) is 6.07 Å². The molecule has 1 aromatic carbocycles. The van der Waals surface area contributed by atoms with Crippen LogP contribution in [-0.2, 0) is 17.8 Å². The fraction of sp³-hybridized carbons (Fsp3) is 0.364. The van der Waals surface area contributed by atoms with E-state index < -0.39 is 0 Å². The van der Waals surface area contributed by atoms with Crippen molar-refractivity contribution in [3.63, 3.8) is 0 Å². The van der Waals surface area contributed by atoms with Crippen LogP contribution in [0.3, 0.4) is 0 Å². The number of nitrogens with zero attached hydrogens (tertiary/aromatic N) is 1. The van der Waals surface area contributed by atoms with E-state index in [1.54, 1.807) is 11.0 Å². The number of benzene rings is 1. The van der Waals surface area contributed by atoms with Crippen LogP contribution in [0.4, 0.5) is 4.39 Å². The highest BCUT2D eigenvalue weighted by molar-refractivity contribution is 9.10. The lowest BCUT2D eigenvalue weighted by Crippen LogP contribution is -2.37. The molecule has 0 unspecified atom stereocenters. The van der Waals surface area contributed by atoms with E-state index in [2.05, 4.69) is 15.9 Å². The summed E-state index contributed by atoms with van der Waals surface area (Å²) in [6, 6.07) is 3.60. The lowest BCUT2D eigenvalue weighted by atomic mass is 9.99. The number of carbonyl (C=O) groups is 1. The number of hydrogen-bond donors (Lipinski definition) is 0. The molecule has 1 aliphatic heterocycles. The van der Waals surface area contributed by atoms with Crippen molar-refractivity contribution in [3.8, 4) is 0 Å². The van der Waals surface area contributed by atoms with Gasteiger partial charge in [-0.05, 0) is 34.0 Å². The van der Waals surface area contributed by atoms with Crippen LogP contribution in [0.5, 0.6) is 0 Å². The second-order valence-corrected chi connectivity index (χ2v) is 4.82. The largest absolute Gasteiger partial charge is 0.337 e. The average Bonchev–Trinajstić information content (AvgIpc) is 2.32. The van der Waals surface area contributed by atoms with Gasteiger partial charge in [0.15, 0.2) is 0 Å². The highest BCUT2D eigenvalue weighted by atomic mass is 79.9. The van der Waals surface area contributed by atoms with Crippen molar-refractivity contribution in [1.29, 1.82) is 0 Å². The number of amides is 1. The van der Waals surface area contributed by atoms with Crippen LogP contribution in [0.25, 0.3) is 0 Å². The van der Waals surface area contributed by atoms with Crippen LogP contribution in [0.1, 0.15) is 11.1 Å². The minimum atomic E-state index is -0.274. The van der Waals surface area contributed by atoms with E-state index in [9.17, 15) is 9.18 Å². The molecule has 0 saturated carbocycles. The van der Waals surface area contributed by atoms with Gasteiger partial charge >= 0.3 is 0 Å². The number of carbonyl (C=O) groups excluding carboxylic acids is 1. The maximum absolute atomic E-state index is 13.8. The SMILES string of the molecule is O=C(CCl)N1CCc2ccc(Br)c(F)c2C1. The third kappa shape index (κ3) is 2.09. The first-order chi connectivity index (χ1) is 7.63. The molecule has 0 saturated heterocycles. The molecule has 0 aliphatic carbocycles. The molecule has 86 valence electrons. The lowest BCUT2D eigenvalue weighted by molar-refractivity contribution is -0.129. The van der Waals surface area contributed by atoms with Crippen molar-refractivity contribution in [2.75, 3.05) is 12.4 Å². The highest BCUT2D eigenvalue weighted by Gasteiger charge is 2.23. The summed E-state index contributed by atoms with van der Waals surface area (Å²) in [5, 5.41) is 0. The molecule has 1 aromatic rings. The molecular formula is C11H10BrClFNO. The summed E-state index contributed by atoms with van der Waals surface area (Å²) in [7, 11) is 0. The Kier molecular flexibility index (Phi) is 3.50. The Labute approximate surface area is 107 Å². The summed E-state index contributed by atoms with van der Waals surface area (Å²) < 4.78 is 14.2. The third-order valence-corrected chi connectivity index (χ3v) is 3.60. The molecule has 0 fully saturated rings. The molecule has 0 bridgehead atoms. The normalized spacial score (nSPS) is 14.8. The van der Waals surface area contributed by atoms with Crippen molar-refractivity contribution >= 4 is 33.4 Å². The maximum Gasteiger partial charge on any atom is 0.237 e. The fourth-order valence-corrected chi connectivity index (χ4v) is 2.40. The van der Waals surface area contributed by atoms with E-state index in [1.165, 1.54) is 0 Å². The average molecular weight is 307 g/mol. The molecule has 1 amide bonds. The summed E-state index contributed by atoms with van der Waals surface area (Å²) in [4.78, 5) is 13.0. The Morgan fingerprint density at radius 1 is 1.56 bits per heavy atom. The second kappa shape index (κ2) is 4.72. The van der Waals surface area contributed by atoms with Crippen LogP contribution in [0, 0.1) is 5.82 Å². The molecule has 2 nitrogen and oxygen atoms in total. The van der Waals surface area contributed by atoms with Crippen molar-refractivity contribution in [1.82, 2.24) is 4.90 Å². The van der Waals surface area contributed by atoms with Crippen LogP contribution in [0.2, 0.25) is 0 Å². The smallest absolute Gasteiger partial charge is 0.237 e. The van der Waals surface area contributed by atoms with Crippen molar-refractivity contribution in [2.24, 2.45) is 0 Å². The van der Waals surface area contributed by atoms with Gasteiger partial charge in [0.2, 0.25) is 5.91 Å². The van der Waals surface area contributed by atoms with Gasteiger partial charge < -0.3 is 4.90 Å². The van der Waals surface area contributed by atoms with Crippen LogP contribution in [-0.4, -0.2) is 23.2 Å². The maximum atomic E-state index is 13.8. The van der Waals surface area contributed by atoms with E-state index in [4.69, 9.17) is 11.6 Å². The summed E-state index contributed by atoms with van der Waals surface area (Å²) in [5.41, 5.74) is 1.57. The van der Waals surface area contributed by atoms with Crippen molar-refractivity contribution in [3.05, 3.63) is 33.5 Å². The molecule has 0 N–H and O–H groups in total. The van der Waals surface area contributed by atoms with E-state index in [-0.39, 0.29) is 17.6 Å². The van der Waals surface area contributed by atoms with Gasteiger partial charge in [0.25, 0.3) is 0 Å². The quantitative estimate of drug-likeness (QED) is 0.731. The predicted octanol–water partition coefficient (Wildman–Crippen LogP) is 2.71. The first-order valence-corrected chi connectivity index (χ1v) is 6.25. The lowest BCUT2D eigenvalue weighted by Gasteiger charge is -2.28. The number of fused-ring (bicyclic) bond motifs is 1. The minimum Gasteiger partial charge on any atom is -0.337 e. The van der Waals surface area contributed by atoms with E-state index in [0.717, 1.165) is 5.56 Å². The molecule has 16 heavy (non-hydrogen) atoms. The molecule has 5 heteroatoms. The molecule has 0 radical (unpaired) electrons. The third-order valence-electron chi connectivity index (χ3n) is 2.76. The molecule has 0 spiro atoms. The fourth-order valence-electron chi connectivity index (χ4n) is 1.86. The van der Waals surface area contributed by atoms with Gasteiger partial charge in [-0.15, -0.1) is 11.6 Å².